The molecule has 1 aromatic rings. The Kier molecular flexibility index (Phi) is 2.90. The number of nitrogens with two attached hydrogens (primary N) is 2. The van der Waals surface area contributed by atoms with E-state index in [0.29, 0.717) is 0 Å². The third kappa shape index (κ3) is 2.47. The van der Waals surface area contributed by atoms with Crippen molar-refractivity contribution in [2.45, 2.75) is 19.9 Å². The van der Waals surface area contributed by atoms with Crippen molar-refractivity contribution in [2.24, 2.45) is 16.5 Å². The van der Waals surface area contributed by atoms with Crippen LogP contribution in [0.25, 0.3) is 0 Å². The van der Waals surface area contributed by atoms with Crippen LogP contribution in [0.3, 0.4) is 0 Å². The third-order valence-electron chi connectivity index (χ3n) is 1.98. The van der Waals surface area contributed by atoms with Crippen LogP contribution in [0, 0.1) is 6.92 Å². The summed E-state index contributed by atoms with van der Waals surface area (Å²) in [6.07, 6.45) is 0. The molecule has 13 heavy (non-hydrogen) atoms. The van der Waals surface area contributed by atoms with E-state index < -0.39 is 0 Å². The molecule has 3 nitrogen and oxygen atoms in total. The molecule has 1 atom stereocenters. The second kappa shape index (κ2) is 3.94. The number of hydrogen-bond acceptors (Lipinski definition) is 1. The number of aliphatic imine (C=N–C) groups is 1. The van der Waals surface area contributed by atoms with Gasteiger partial charge in [-0.3, -0.25) is 0 Å². The Morgan fingerprint density at radius 2 is 1.92 bits per heavy atom. The molecule has 70 valence electrons. The Morgan fingerprint density at radius 1 is 1.31 bits per heavy atom. The Hall–Kier alpha value is -1.51. The van der Waals surface area contributed by atoms with Crippen molar-refractivity contribution < 1.29 is 0 Å². The van der Waals surface area contributed by atoms with Crippen LogP contribution >= 0.6 is 0 Å². The van der Waals surface area contributed by atoms with E-state index in [4.69, 9.17) is 11.5 Å². The highest BCUT2D eigenvalue weighted by Crippen LogP contribution is 2.19. The van der Waals surface area contributed by atoms with E-state index in [1.165, 1.54) is 5.56 Å². The van der Waals surface area contributed by atoms with Gasteiger partial charge in [0.15, 0.2) is 5.96 Å². The lowest BCUT2D eigenvalue weighted by atomic mass is 10.0. The third-order valence-corrected chi connectivity index (χ3v) is 1.98. The zero-order valence-corrected chi connectivity index (χ0v) is 7.99. The zero-order chi connectivity index (χ0) is 9.84. The minimum atomic E-state index is 0.0335. The number of aryl methyl sites for hydroxylation is 1. The number of nitrogens with zero attached hydrogens (tertiary/aromatic N) is 1. The molecule has 3 heteroatoms. The standard InChI is InChI=1S/C10H15N3/c1-7-5-3-4-6-9(7)8(2)13-10(11)12/h3-6,8H,1-2H3,(H4,11,12,13)/t8-/m1/s1. The molecule has 0 radical (unpaired) electrons. The quantitative estimate of drug-likeness (QED) is 0.528. The summed E-state index contributed by atoms with van der Waals surface area (Å²) in [6, 6.07) is 8.11. The van der Waals surface area contributed by atoms with E-state index in [1.54, 1.807) is 0 Å². The molecule has 0 bridgehead atoms. The van der Waals surface area contributed by atoms with E-state index in [-0.39, 0.29) is 12.0 Å². The van der Waals surface area contributed by atoms with Crippen molar-refractivity contribution in [3.8, 4) is 0 Å². The van der Waals surface area contributed by atoms with Crippen LogP contribution in [0.2, 0.25) is 0 Å². The van der Waals surface area contributed by atoms with Gasteiger partial charge in [0, 0.05) is 0 Å². The van der Waals surface area contributed by atoms with Crippen molar-refractivity contribution in [1.29, 1.82) is 0 Å². The number of benzene rings is 1. The molecule has 0 unspecified atom stereocenters. The van der Waals surface area contributed by atoms with Crippen molar-refractivity contribution in [2.75, 3.05) is 0 Å². The molecule has 0 amide bonds. The molecule has 0 aliphatic carbocycles. The molecule has 0 saturated carbocycles. The molecule has 0 heterocycles. The second-order valence-electron chi connectivity index (χ2n) is 3.09. The van der Waals surface area contributed by atoms with Crippen molar-refractivity contribution in [3.63, 3.8) is 0 Å². The number of rotatable bonds is 2. The van der Waals surface area contributed by atoms with Gasteiger partial charge in [0.1, 0.15) is 0 Å². The molecule has 1 aromatic carbocycles. The highest BCUT2D eigenvalue weighted by atomic mass is 15.0. The first kappa shape index (κ1) is 9.58. The summed E-state index contributed by atoms with van der Waals surface area (Å²) >= 11 is 0. The van der Waals surface area contributed by atoms with Crippen LogP contribution in [-0.4, -0.2) is 5.96 Å². The number of guanidine groups is 1. The summed E-state index contributed by atoms with van der Waals surface area (Å²) in [4.78, 5) is 4.08. The molecule has 0 fully saturated rings. The fourth-order valence-electron chi connectivity index (χ4n) is 1.35. The van der Waals surface area contributed by atoms with Crippen LogP contribution in [-0.2, 0) is 0 Å². The van der Waals surface area contributed by atoms with Crippen LogP contribution in [0.4, 0.5) is 0 Å². The smallest absolute Gasteiger partial charge is 0.186 e. The SMILES string of the molecule is Cc1ccccc1[C@@H](C)N=C(N)N. The summed E-state index contributed by atoms with van der Waals surface area (Å²) < 4.78 is 0. The summed E-state index contributed by atoms with van der Waals surface area (Å²) in [7, 11) is 0. The van der Waals surface area contributed by atoms with Crippen LogP contribution in [0.15, 0.2) is 29.3 Å². The maximum Gasteiger partial charge on any atom is 0.186 e. The highest BCUT2D eigenvalue weighted by molar-refractivity contribution is 5.76. The molecular formula is C10H15N3. The van der Waals surface area contributed by atoms with Gasteiger partial charge >= 0.3 is 0 Å². The van der Waals surface area contributed by atoms with Crippen LogP contribution in [0.5, 0.6) is 0 Å². The maximum atomic E-state index is 5.31. The topological polar surface area (TPSA) is 64.4 Å². The highest BCUT2D eigenvalue weighted by Gasteiger charge is 2.05. The van der Waals surface area contributed by atoms with Crippen LogP contribution in [0.1, 0.15) is 24.1 Å². The normalized spacial score (nSPS) is 12.2. The first-order chi connectivity index (χ1) is 6.11. The fourth-order valence-corrected chi connectivity index (χ4v) is 1.35. The first-order valence-corrected chi connectivity index (χ1v) is 4.25. The van der Waals surface area contributed by atoms with E-state index in [2.05, 4.69) is 4.99 Å². The van der Waals surface area contributed by atoms with Gasteiger partial charge in [0.2, 0.25) is 0 Å². The maximum absolute atomic E-state index is 5.31. The van der Waals surface area contributed by atoms with Gasteiger partial charge in [0.05, 0.1) is 6.04 Å². The zero-order valence-electron chi connectivity index (χ0n) is 7.99. The molecule has 0 saturated heterocycles. The largest absolute Gasteiger partial charge is 0.370 e. The summed E-state index contributed by atoms with van der Waals surface area (Å²) in [5.41, 5.74) is 13.0. The lowest BCUT2D eigenvalue weighted by molar-refractivity contribution is 0.808. The fraction of sp³-hybridized carbons (Fsp3) is 0.300. The van der Waals surface area contributed by atoms with Gasteiger partial charge in [0.25, 0.3) is 0 Å². The molecule has 0 aromatic heterocycles. The van der Waals surface area contributed by atoms with Gasteiger partial charge in [-0.15, -0.1) is 0 Å². The van der Waals surface area contributed by atoms with Crippen molar-refractivity contribution in [3.05, 3.63) is 35.4 Å². The Bertz CT molecular complexity index is 314. The van der Waals surface area contributed by atoms with Crippen molar-refractivity contribution >= 4 is 5.96 Å². The Balaban J connectivity index is 2.95. The number of hydrogen-bond donors (Lipinski definition) is 2. The first-order valence-electron chi connectivity index (χ1n) is 4.25. The van der Waals surface area contributed by atoms with E-state index in [9.17, 15) is 0 Å². The molecule has 0 aliphatic rings. The molecule has 4 N–H and O–H groups in total. The van der Waals surface area contributed by atoms with Crippen molar-refractivity contribution in [1.82, 2.24) is 0 Å². The van der Waals surface area contributed by atoms with Gasteiger partial charge in [-0.1, -0.05) is 24.3 Å². The average molecular weight is 177 g/mol. The predicted octanol–water partition coefficient (Wildman–Crippen LogP) is 1.33. The average Bonchev–Trinajstić information content (AvgIpc) is 2.03. The lowest BCUT2D eigenvalue weighted by Gasteiger charge is -2.09. The summed E-state index contributed by atoms with van der Waals surface area (Å²) in [5, 5.41) is 0. The minimum absolute atomic E-state index is 0.0335. The van der Waals surface area contributed by atoms with E-state index >= 15 is 0 Å². The Morgan fingerprint density at radius 3 is 2.46 bits per heavy atom. The molecule has 0 spiro atoms. The van der Waals surface area contributed by atoms with E-state index in [1.807, 2.05) is 38.1 Å². The van der Waals surface area contributed by atoms with Gasteiger partial charge < -0.3 is 11.5 Å². The van der Waals surface area contributed by atoms with Gasteiger partial charge in [-0.05, 0) is 25.0 Å². The van der Waals surface area contributed by atoms with Crippen LogP contribution < -0.4 is 11.5 Å². The molecule has 1 rings (SSSR count). The second-order valence-corrected chi connectivity index (χ2v) is 3.09. The Labute approximate surface area is 78.5 Å². The summed E-state index contributed by atoms with van der Waals surface area (Å²) in [6.45, 7) is 4.02. The van der Waals surface area contributed by atoms with Gasteiger partial charge in [-0.25, -0.2) is 4.99 Å². The molecular weight excluding hydrogens is 162 g/mol. The monoisotopic (exact) mass is 177 g/mol. The summed E-state index contributed by atoms with van der Waals surface area (Å²) in [5.74, 6) is 0.135. The minimum Gasteiger partial charge on any atom is -0.370 e. The lowest BCUT2D eigenvalue weighted by Crippen LogP contribution is -2.23. The molecule has 0 aliphatic heterocycles. The van der Waals surface area contributed by atoms with E-state index in [0.717, 1.165) is 5.56 Å². The van der Waals surface area contributed by atoms with Gasteiger partial charge in [-0.2, -0.15) is 0 Å². The predicted molar refractivity (Wildman–Crippen MR) is 55.4 cm³/mol.